The minimum absolute atomic E-state index is 0.00266. The molecule has 1 aromatic heterocycles. The molecule has 4 N–H and O–H groups in total. The minimum Gasteiger partial charge on any atom is -0.370 e. The summed E-state index contributed by atoms with van der Waals surface area (Å²) in [5.74, 6) is -3.61. The van der Waals surface area contributed by atoms with Crippen LogP contribution in [0.25, 0.3) is 0 Å². The predicted molar refractivity (Wildman–Crippen MR) is 96.7 cm³/mol. The lowest BCUT2D eigenvalue weighted by Crippen LogP contribution is -2.47. The Morgan fingerprint density at radius 2 is 1.97 bits per heavy atom. The zero-order valence-corrected chi connectivity index (χ0v) is 15.7. The number of fused-ring (bicyclic) bond motifs is 1. The van der Waals surface area contributed by atoms with Gasteiger partial charge < -0.3 is 16.2 Å². The van der Waals surface area contributed by atoms with E-state index in [4.69, 9.17) is 16.2 Å². The van der Waals surface area contributed by atoms with Crippen LogP contribution in [0.15, 0.2) is 18.3 Å². The number of nitrogens with two attached hydrogens (primary N) is 2. The van der Waals surface area contributed by atoms with E-state index in [-0.39, 0.29) is 23.9 Å². The van der Waals surface area contributed by atoms with Gasteiger partial charge in [-0.25, -0.2) is 13.2 Å². The van der Waals surface area contributed by atoms with E-state index in [9.17, 15) is 18.0 Å². The van der Waals surface area contributed by atoms with Gasteiger partial charge in [-0.05, 0) is 12.5 Å². The van der Waals surface area contributed by atoms with Crippen molar-refractivity contribution >= 4 is 5.91 Å². The maximum absolute atomic E-state index is 14.1. The van der Waals surface area contributed by atoms with Crippen molar-refractivity contribution in [3.8, 4) is 0 Å². The van der Waals surface area contributed by atoms with Crippen LogP contribution in [0.5, 0.6) is 0 Å². The average molecular weight is 409 g/mol. The first-order chi connectivity index (χ1) is 13.8. The Morgan fingerprint density at radius 3 is 2.66 bits per heavy atom. The molecule has 3 heterocycles. The molecule has 3 atom stereocenters. The summed E-state index contributed by atoms with van der Waals surface area (Å²) < 4.78 is 48.3. The van der Waals surface area contributed by atoms with Crippen molar-refractivity contribution in [1.82, 2.24) is 14.7 Å². The standard InChI is InChI=1S/C19H22F3N5O2/c20-13-5-15(22)14(21)4-12(13)19-16(23)3-11(9-29-19)26-6-10-7-27(2-1-18(24)28)25-17(10)8-26/h4-5,7,11,16,19H,1-3,6,8-9,23H2,(H2,24,28)/t11-,16+,19-/m1/s1. The monoisotopic (exact) mass is 409 g/mol. The van der Waals surface area contributed by atoms with E-state index in [0.717, 1.165) is 17.3 Å². The number of hydrogen-bond acceptors (Lipinski definition) is 5. The Kier molecular flexibility index (Phi) is 5.32. The van der Waals surface area contributed by atoms with E-state index in [1.54, 1.807) is 4.68 Å². The number of ether oxygens (including phenoxy) is 1. The molecule has 1 aromatic carbocycles. The highest BCUT2D eigenvalue weighted by Gasteiger charge is 2.37. The van der Waals surface area contributed by atoms with Crippen molar-refractivity contribution in [2.45, 2.75) is 50.7 Å². The summed E-state index contributed by atoms with van der Waals surface area (Å²) in [6, 6.07) is 0.776. The summed E-state index contributed by atoms with van der Waals surface area (Å²) >= 11 is 0. The summed E-state index contributed by atoms with van der Waals surface area (Å²) in [5, 5.41) is 4.49. The molecular formula is C19H22F3N5O2. The third kappa shape index (κ3) is 4.00. The third-order valence-electron chi connectivity index (χ3n) is 5.50. The molecule has 0 aliphatic carbocycles. The molecule has 0 bridgehead atoms. The molecule has 1 saturated heterocycles. The van der Waals surface area contributed by atoms with E-state index in [1.807, 2.05) is 6.20 Å². The fraction of sp³-hybridized carbons (Fsp3) is 0.474. The molecular weight excluding hydrogens is 387 g/mol. The fourth-order valence-corrected chi connectivity index (χ4v) is 4.01. The first kappa shape index (κ1) is 19.9. The van der Waals surface area contributed by atoms with E-state index < -0.39 is 29.6 Å². The molecule has 2 aliphatic rings. The molecule has 156 valence electrons. The summed E-state index contributed by atoms with van der Waals surface area (Å²) in [5.41, 5.74) is 13.3. The van der Waals surface area contributed by atoms with E-state index in [0.29, 0.717) is 38.7 Å². The first-order valence-electron chi connectivity index (χ1n) is 9.41. The number of amides is 1. The summed E-state index contributed by atoms with van der Waals surface area (Å²) in [4.78, 5) is 13.1. The molecule has 0 unspecified atom stereocenters. The molecule has 0 saturated carbocycles. The van der Waals surface area contributed by atoms with Gasteiger partial charge in [0.05, 0.1) is 12.3 Å². The summed E-state index contributed by atoms with van der Waals surface area (Å²) in [7, 11) is 0. The Hall–Kier alpha value is -2.43. The summed E-state index contributed by atoms with van der Waals surface area (Å²) in [6.45, 7) is 2.02. The lowest BCUT2D eigenvalue weighted by Gasteiger charge is -2.38. The highest BCUT2D eigenvalue weighted by Crippen LogP contribution is 2.34. The maximum Gasteiger partial charge on any atom is 0.219 e. The number of benzene rings is 1. The molecule has 1 fully saturated rings. The minimum atomic E-state index is -1.24. The van der Waals surface area contributed by atoms with Gasteiger partial charge in [0.2, 0.25) is 5.91 Å². The third-order valence-corrected chi connectivity index (χ3v) is 5.50. The van der Waals surface area contributed by atoms with Gasteiger partial charge in [0.1, 0.15) is 11.9 Å². The van der Waals surface area contributed by atoms with Crippen molar-refractivity contribution in [3.63, 3.8) is 0 Å². The molecule has 7 nitrogen and oxygen atoms in total. The Labute approximate surface area is 165 Å². The SMILES string of the molecule is NC(=O)CCn1cc2c(n1)CN([C@H]1CO[C@H](c3cc(F)c(F)cc3F)[C@@H](N)C1)C2. The van der Waals surface area contributed by atoms with E-state index in [2.05, 4.69) is 10.00 Å². The summed E-state index contributed by atoms with van der Waals surface area (Å²) in [6.07, 6.45) is 1.83. The molecule has 2 aromatic rings. The average Bonchev–Trinajstić information content (AvgIpc) is 3.22. The molecule has 0 radical (unpaired) electrons. The Morgan fingerprint density at radius 1 is 1.21 bits per heavy atom. The van der Waals surface area contributed by atoms with E-state index in [1.165, 1.54) is 0 Å². The van der Waals surface area contributed by atoms with Crippen LogP contribution < -0.4 is 11.5 Å². The normalized spacial score (nSPS) is 24.6. The van der Waals surface area contributed by atoms with Gasteiger partial charge in [-0.15, -0.1) is 0 Å². The van der Waals surface area contributed by atoms with Crippen molar-refractivity contribution < 1.29 is 22.7 Å². The Bertz CT molecular complexity index is 911. The Balaban J connectivity index is 1.38. The highest BCUT2D eigenvalue weighted by atomic mass is 19.2. The van der Waals surface area contributed by atoms with Gasteiger partial charge >= 0.3 is 0 Å². The quantitative estimate of drug-likeness (QED) is 0.727. The van der Waals surface area contributed by atoms with Gasteiger partial charge in [0.25, 0.3) is 0 Å². The highest BCUT2D eigenvalue weighted by molar-refractivity contribution is 5.73. The molecule has 10 heteroatoms. The van der Waals surface area contributed by atoms with Gasteiger partial charge in [0, 0.05) is 61.5 Å². The zero-order valence-electron chi connectivity index (χ0n) is 15.7. The number of aryl methyl sites for hydroxylation is 1. The lowest BCUT2D eigenvalue weighted by molar-refractivity contribution is -0.118. The van der Waals surface area contributed by atoms with Crippen molar-refractivity contribution in [2.75, 3.05) is 6.61 Å². The molecule has 2 aliphatic heterocycles. The predicted octanol–water partition coefficient (Wildman–Crippen LogP) is 1.35. The molecule has 1 amide bonds. The van der Waals surface area contributed by atoms with Crippen molar-refractivity contribution in [1.29, 1.82) is 0 Å². The van der Waals surface area contributed by atoms with Gasteiger partial charge in [0.15, 0.2) is 11.6 Å². The second-order valence-electron chi connectivity index (χ2n) is 7.58. The number of nitrogens with zero attached hydrogens (tertiary/aromatic N) is 3. The van der Waals surface area contributed by atoms with Crippen molar-refractivity contribution in [3.05, 3.63) is 52.6 Å². The molecule has 4 rings (SSSR count). The topological polar surface area (TPSA) is 99.4 Å². The second kappa shape index (κ2) is 7.77. The molecule has 29 heavy (non-hydrogen) atoms. The van der Waals surface area contributed by atoms with Crippen LogP contribution in [0.3, 0.4) is 0 Å². The zero-order chi connectivity index (χ0) is 20.7. The number of halogens is 3. The number of hydrogen-bond donors (Lipinski definition) is 2. The lowest BCUT2D eigenvalue weighted by atomic mass is 9.93. The number of carbonyl (C=O) groups is 1. The largest absolute Gasteiger partial charge is 0.370 e. The van der Waals surface area contributed by atoms with Crippen LogP contribution in [0.2, 0.25) is 0 Å². The maximum atomic E-state index is 14.1. The van der Waals surface area contributed by atoms with Crippen LogP contribution in [0.1, 0.15) is 35.8 Å². The van der Waals surface area contributed by atoms with Gasteiger partial charge in [-0.3, -0.25) is 14.4 Å². The fourth-order valence-electron chi connectivity index (χ4n) is 4.01. The van der Waals surface area contributed by atoms with Crippen LogP contribution in [-0.4, -0.2) is 39.3 Å². The van der Waals surface area contributed by atoms with Gasteiger partial charge in [-0.1, -0.05) is 0 Å². The van der Waals surface area contributed by atoms with Crippen LogP contribution in [0.4, 0.5) is 13.2 Å². The molecule has 0 spiro atoms. The number of rotatable bonds is 5. The number of carbonyl (C=O) groups excluding carboxylic acids is 1. The van der Waals surface area contributed by atoms with Crippen LogP contribution in [0, 0.1) is 17.5 Å². The second-order valence-corrected chi connectivity index (χ2v) is 7.58. The van der Waals surface area contributed by atoms with Gasteiger partial charge in [-0.2, -0.15) is 5.10 Å². The smallest absolute Gasteiger partial charge is 0.219 e. The number of aromatic nitrogens is 2. The van der Waals surface area contributed by atoms with Crippen molar-refractivity contribution in [2.24, 2.45) is 11.5 Å². The van der Waals surface area contributed by atoms with Crippen LogP contribution in [-0.2, 0) is 29.2 Å². The first-order valence-corrected chi connectivity index (χ1v) is 9.41. The van der Waals surface area contributed by atoms with E-state index >= 15 is 0 Å². The van der Waals surface area contributed by atoms with Crippen LogP contribution >= 0.6 is 0 Å². The number of primary amides is 1.